The molecule has 5 heteroatoms. The van der Waals surface area contributed by atoms with Gasteiger partial charge >= 0.3 is 0 Å². The number of unbranched alkanes of at least 4 members (excludes halogenated alkanes) is 1. The molecule has 1 aromatic carbocycles. The summed E-state index contributed by atoms with van der Waals surface area (Å²) in [6.45, 7) is 9.29. The minimum Gasteiger partial charge on any atom is -0.384 e. The number of nitrogens with one attached hydrogen (secondary N) is 2. The first kappa shape index (κ1) is 23.3. The van der Waals surface area contributed by atoms with E-state index in [1.54, 1.807) is 0 Å². The maximum Gasteiger partial charge on any atom is 0.0761 e. The Morgan fingerprint density at radius 3 is 2.63 bits per heavy atom. The van der Waals surface area contributed by atoms with Gasteiger partial charge in [-0.2, -0.15) is 0 Å². The number of halogens is 2. The first-order chi connectivity index (χ1) is 14.7. The van der Waals surface area contributed by atoms with Crippen LogP contribution in [0, 0.1) is 0 Å². The number of benzene rings is 1. The number of nitrogens with zero attached hydrogens (tertiary/aromatic N) is 1. The van der Waals surface area contributed by atoms with Crippen molar-refractivity contribution in [1.29, 1.82) is 0 Å². The van der Waals surface area contributed by atoms with Crippen molar-refractivity contribution in [1.82, 2.24) is 10.3 Å². The number of hydrogen-bond donors (Lipinski definition) is 2. The number of rotatable bonds is 4. The van der Waals surface area contributed by atoms with E-state index < -0.39 is 0 Å². The van der Waals surface area contributed by atoms with Gasteiger partial charge in [-0.1, -0.05) is 50.4 Å². The van der Waals surface area contributed by atoms with Gasteiger partial charge in [0, 0.05) is 28.9 Å². The van der Waals surface area contributed by atoms with Crippen LogP contribution < -0.4 is 10.6 Å². The quantitative estimate of drug-likeness (QED) is 0.452. The topological polar surface area (TPSA) is 37.0 Å². The maximum absolute atomic E-state index is 6.35. The first-order valence-electron chi connectivity index (χ1n) is 11.3. The third-order valence-corrected chi connectivity index (χ3v) is 6.58. The molecular formula is C25H33BrClN3. The van der Waals surface area contributed by atoms with Gasteiger partial charge in [0.25, 0.3) is 0 Å². The molecule has 2 heterocycles. The van der Waals surface area contributed by atoms with Crippen LogP contribution in [0.25, 0.3) is 5.57 Å². The zero-order valence-electron chi connectivity index (χ0n) is 18.4. The monoisotopic (exact) mass is 489 g/mol. The Balaban J connectivity index is 0.00000124. The van der Waals surface area contributed by atoms with Crippen molar-refractivity contribution >= 4 is 38.8 Å². The van der Waals surface area contributed by atoms with Crippen LogP contribution in [-0.4, -0.2) is 24.6 Å². The molecule has 2 aliphatic rings. The summed E-state index contributed by atoms with van der Waals surface area (Å²) >= 11 is 10.1. The predicted octanol–water partition coefficient (Wildman–Crippen LogP) is 7.02. The summed E-state index contributed by atoms with van der Waals surface area (Å²) in [5.41, 5.74) is 9.20. The summed E-state index contributed by atoms with van der Waals surface area (Å²) in [5.74, 6) is 0. The number of piperidine rings is 1. The largest absolute Gasteiger partial charge is 0.384 e. The van der Waals surface area contributed by atoms with Gasteiger partial charge in [-0.15, -0.1) is 0 Å². The van der Waals surface area contributed by atoms with Gasteiger partial charge in [0.05, 0.1) is 15.9 Å². The Bertz CT molecular complexity index is 900. The minimum absolute atomic E-state index is 0.815. The van der Waals surface area contributed by atoms with Crippen LogP contribution >= 0.6 is 27.5 Å². The van der Waals surface area contributed by atoms with Gasteiger partial charge in [0.15, 0.2) is 0 Å². The van der Waals surface area contributed by atoms with Crippen molar-refractivity contribution in [3.8, 4) is 0 Å². The van der Waals surface area contributed by atoms with Gasteiger partial charge < -0.3 is 10.6 Å². The van der Waals surface area contributed by atoms with Gasteiger partial charge in [0.2, 0.25) is 0 Å². The fraction of sp³-hybridized carbons (Fsp3) is 0.480. The van der Waals surface area contributed by atoms with Crippen LogP contribution in [0.2, 0.25) is 5.02 Å². The second-order valence-electron chi connectivity index (χ2n) is 7.62. The van der Waals surface area contributed by atoms with Crippen molar-refractivity contribution < 1.29 is 0 Å². The lowest BCUT2D eigenvalue weighted by Gasteiger charge is -2.23. The molecule has 0 radical (unpaired) electrons. The number of fused-ring (bicyclic) bond motifs is 2. The molecule has 1 aliphatic heterocycles. The van der Waals surface area contributed by atoms with Crippen LogP contribution in [0.5, 0.6) is 0 Å². The van der Waals surface area contributed by atoms with Crippen molar-refractivity contribution in [2.24, 2.45) is 0 Å². The molecule has 4 rings (SSSR count). The molecule has 1 saturated heterocycles. The fourth-order valence-electron chi connectivity index (χ4n) is 4.30. The van der Waals surface area contributed by atoms with E-state index in [4.69, 9.17) is 16.6 Å². The van der Waals surface area contributed by atoms with Crippen LogP contribution in [0.4, 0.5) is 5.69 Å². The van der Waals surface area contributed by atoms with Crippen LogP contribution in [0.1, 0.15) is 68.8 Å². The molecule has 3 nitrogen and oxygen atoms in total. The molecule has 0 bridgehead atoms. The van der Waals surface area contributed by atoms with E-state index in [1.165, 1.54) is 46.4 Å². The first-order valence-corrected chi connectivity index (χ1v) is 12.5. The summed E-state index contributed by atoms with van der Waals surface area (Å²) in [7, 11) is 0. The number of hydrogen-bond acceptors (Lipinski definition) is 3. The zero-order valence-corrected chi connectivity index (χ0v) is 20.7. The van der Waals surface area contributed by atoms with Crippen LogP contribution in [0.15, 0.2) is 34.4 Å². The van der Waals surface area contributed by atoms with Gasteiger partial charge in [-0.3, -0.25) is 4.98 Å². The molecule has 2 aromatic rings. The number of aryl methyl sites for hydroxylation is 1. The minimum atomic E-state index is 0.815. The SMILES string of the molecule is CC.CCCCNc1c(Br)cnc2c1CCc1cc(Cl)ccc1C2=C1CCNCC1. The summed E-state index contributed by atoms with van der Waals surface area (Å²) < 4.78 is 1.06. The standard InChI is InChI=1S/C23H27BrClN3.C2H6/c1-2-3-10-27-22-19-6-4-16-13-17(25)5-7-18(16)21(15-8-11-26-12-9-15)23(19)28-14-20(22)24;1-2/h5,7,13-14,26H,2-4,6,8-12H2,1H3,(H,27,28);1-2H3. The highest BCUT2D eigenvalue weighted by atomic mass is 79.9. The number of aromatic nitrogens is 1. The Morgan fingerprint density at radius 1 is 1.13 bits per heavy atom. The number of anilines is 1. The normalized spacial score (nSPS) is 15.5. The highest BCUT2D eigenvalue weighted by Crippen LogP contribution is 2.41. The summed E-state index contributed by atoms with van der Waals surface area (Å²) in [6, 6.07) is 6.36. The smallest absolute Gasteiger partial charge is 0.0761 e. The Kier molecular flexibility index (Phi) is 8.79. The van der Waals surface area contributed by atoms with E-state index >= 15 is 0 Å². The van der Waals surface area contributed by atoms with E-state index in [0.717, 1.165) is 60.5 Å². The molecule has 2 N–H and O–H groups in total. The Labute approximate surface area is 194 Å². The maximum atomic E-state index is 6.35. The third-order valence-electron chi connectivity index (χ3n) is 5.74. The van der Waals surface area contributed by atoms with Gasteiger partial charge in [-0.25, -0.2) is 0 Å². The molecule has 0 unspecified atom stereocenters. The van der Waals surface area contributed by atoms with Crippen molar-refractivity contribution in [3.05, 3.63) is 61.8 Å². The van der Waals surface area contributed by atoms with Gasteiger partial charge in [-0.05, 0) is 84.4 Å². The predicted molar refractivity (Wildman–Crippen MR) is 134 cm³/mol. The highest BCUT2D eigenvalue weighted by molar-refractivity contribution is 9.10. The van der Waals surface area contributed by atoms with Crippen LogP contribution in [0.3, 0.4) is 0 Å². The van der Waals surface area contributed by atoms with E-state index in [1.807, 2.05) is 26.1 Å². The summed E-state index contributed by atoms with van der Waals surface area (Å²) in [6.07, 6.45) is 8.43. The second kappa shape index (κ2) is 11.3. The molecule has 0 atom stereocenters. The lowest BCUT2D eigenvalue weighted by molar-refractivity contribution is 0.611. The third kappa shape index (κ3) is 5.09. The second-order valence-corrected chi connectivity index (χ2v) is 8.91. The molecule has 30 heavy (non-hydrogen) atoms. The molecule has 1 aliphatic carbocycles. The molecule has 0 spiro atoms. The molecule has 1 aromatic heterocycles. The van der Waals surface area contributed by atoms with Crippen molar-refractivity contribution in [3.63, 3.8) is 0 Å². The molecular weight excluding hydrogens is 458 g/mol. The summed E-state index contributed by atoms with van der Waals surface area (Å²) in [5, 5.41) is 7.98. The molecule has 0 amide bonds. The lowest BCUT2D eigenvalue weighted by Crippen LogP contribution is -2.24. The average Bonchev–Trinajstić information content (AvgIpc) is 2.94. The zero-order chi connectivity index (χ0) is 21.5. The van der Waals surface area contributed by atoms with E-state index in [-0.39, 0.29) is 0 Å². The van der Waals surface area contributed by atoms with E-state index in [9.17, 15) is 0 Å². The lowest BCUT2D eigenvalue weighted by atomic mass is 9.89. The van der Waals surface area contributed by atoms with E-state index in [2.05, 4.69) is 45.6 Å². The fourth-order valence-corrected chi connectivity index (χ4v) is 4.98. The van der Waals surface area contributed by atoms with Crippen LogP contribution in [-0.2, 0) is 12.8 Å². The van der Waals surface area contributed by atoms with Gasteiger partial charge in [0.1, 0.15) is 0 Å². The molecule has 162 valence electrons. The number of pyridine rings is 1. The Morgan fingerprint density at radius 2 is 1.90 bits per heavy atom. The molecule has 1 fully saturated rings. The summed E-state index contributed by atoms with van der Waals surface area (Å²) in [4.78, 5) is 4.95. The highest BCUT2D eigenvalue weighted by Gasteiger charge is 2.26. The average molecular weight is 491 g/mol. The van der Waals surface area contributed by atoms with Crippen molar-refractivity contribution in [2.75, 3.05) is 25.0 Å². The van der Waals surface area contributed by atoms with E-state index in [0.29, 0.717) is 0 Å². The van der Waals surface area contributed by atoms with Crippen molar-refractivity contribution in [2.45, 2.75) is 59.3 Å². The Hall–Kier alpha value is -1.36. The molecule has 0 saturated carbocycles.